The van der Waals surface area contributed by atoms with Gasteiger partial charge in [-0.25, -0.2) is 4.90 Å². The number of carbonyl (C=O) groups is 2. The smallest absolute Gasteiger partial charge is 0.283 e. The normalized spacial score (nSPS) is 22.3. The van der Waals surface area contributed by atoms with Gasteiger partial charge in [0.05, 0.1) is 10.7 Å². The van der Waals surface area contributed by atoms with Gasteiger partial charge >= 0.3 is 0 Å². The number of hydrogen-bond acceptors (Lipinski definition) is 3. The molecule has 122 valence electrons. The van der Waals surface area contributed by atoms with Crippen LogP contribution in [0.1, 0.15) is 19.8 Å². The minimum Gasteiger partial charge on any atom is -0.365 e. The Labute approximate surface area is 149 Å². The molecule has 2 aliphatic heterocycles. The fourth-order valence-corrected chi connectivity index (χ4v) is 3.69. The van der Waals surface area contributed by atoms with Crippen LogP contribution in [0.5, 0.6) is 0 Å². The van der Waals surface area contributed by atoms with Gasteiger partial charge < -0.3 is 4.90 Å². The van der Waals surface area contributed by atoms with Gasteiger partial charge in [-0.2, -0.15) is 0 Å². The van der Waals surface area contributed by atoms with Crippen molar-refractivity contribution in [2.24, 2.45) is 5.92 Å². The van der Waals surface area contributed by atoms with Crippen molar-refractivity contribution in [3.05, 3.63) is 39.0 Å². The third kappa shape index (κ3) is 2.95. The van der Waals surface area contributed by atoms with Crippen LogP contribution in [0.25, 0.3) is 0 Å². The summed E-state index contributed by atoms with van der Waals surface area (Å²) in [7, 11) is 0. The number of benzene rings is 1. The monoisotopic (exact) mass is 372 g/mol. The maximum Gasteiger partial charge on any atom is 0.283 e. The lowest BCUT2D eigenvalue weighted by molar-refractivity contribution is -0.121. The molecule has 0 bridgehead atoms. The van der Waals surface area contributed by atoms with Crippen molar-refractivity contribution in [2.45, 2.75) is 19.8 Å². The van der Waals surface area contributed by atoms with Gasteiger partial charge in [-0.3, -0.25) is 9.59 Å². The van der Waals surface area contributed by atoms with Gasteiger partial charge in [0.15, 0.2) is 0 Å². The van der Waals surface area contributed by atoms with Crippen molar-refractivity contribution in [3.63, 3.8) is 0 Å². The zero-order valence-electron chi connectivity index (χ0n) is 12.5. The van der Waals surface area contributed by atoms with Crippen molar-refractivity contribution in [1.82, 2.24) is 4.90 Å². The molecular weight excluding hydrogens is 359 g/mol. The van der Waals surface area contributed by atoms with E-state index in [9.17, 15) is 9.59 Å². The Morgan fingerprint density at radius 1 is 1.13 bits per heavy atom. The van der Waals surface area contributed by atoms with Gasteiger partial charge in [-0.15, -0.1) is 0 Å². The Morgan fingerprint density at radius 2 is 1.87 bits per heavy atom. The van der Waals surface area contributed by atoms with Gasteiger partial charge in [-0.05, 0) is 37.0 Å². The summed E-state index contributed by atoms with van der Waals surface area (Å²) < 4.78 is 0. The molecule has 2 aliphatic rings. The molecule has 2 heterocycles. The molecule has 1 aromatic carbocycles. The molecule has 23 heavy (non-hydrogen) atoms. The lowest BCUT2D eigenvalue weighted by Gasteiger charge is -2.33. The van der Waals surface area contributed by atoms with Crippen molar-refractivity contribution in [2.75, 3.05) is 18.0 Å². The van der Waals surface area contributed by atoms with Crippen molar-refractivity contribution in [1.29, 1.82) is 0 Å². The maximum absolute atomic E-state index is 12.8. The number of halogens is 3. The molecule has 1 fully saturated rings. The number of carbonyl (C=O) groups excluding carboxylic acids is 2. The van der Waals surface area contributed by atoms with E-state index in [1.54, 1.807) is 12.1 Å². The zero-order chi connectivity index (χ0) is 16.7. The average Bonchev–Trinajstić information content (AvgIpc) is 2.72. The van der Waals surface area contributed by atoms with E-state index in [-0.39, 0.29) is 21.4 Å². The number of rotatable bonds is 2. The van der Waals surface area contributed by atoms with Crippen LogP contribution in [0.15, 0.2) is 28.9 Å². The summed E-state index contributed by atoms with van der Waals surface area (Å²) in [5, 5.41) is 0.607. The number of hydrogen-bond donors (Lipinski definition) is 0. The third-order valence-corrected chi connectivity index (χ3v) is 5.02. The van der Waals surface area contributed by atoms with Gasteiger partial charge in [0, 0.05) is 18.1 Å². The van der Waals surface area contributed by atoms with Crippen molar-refractivity contribution in [3.8, 4) is 0 Å². The van der Waals surface area contributed by atoms with Crippen LogP contribution in [0.3, 0.4) is 0 Å². The summed E-state index contributed by atoms with van der Waals surface area (Å²) in [6.45, 7) is 3.54. The highest BCUT2D eigenvalue weighted by atomic mass is 35.5. The third-order valence-electron chi connectivity index (χ3n) is 4.13. The second-order valence-electron chi connectivity index (χ2n) is 5.90. The molecule has 0 saturated carbocycles. The molecule has 4 nitrogen and oxygen atoms in total. The molecule has 2 amide bonds. The van der Waals surface area contributed by atoms with E-state index in [2.05, 4.69) is 6.92 Å². The van der Waals surface area contributed by atoms with Crippen LogP contribution < -0.4 is 4.90 Å². The van der Waals surface area contributed by atoms with E-state index in [1.807, 2.05) is 4.90 Å². The summed E-state index contributed by atoms with van der Waals surface area (Å²) >= 11 is 18.3. The van der Waals surface area contributed by atoms with Crippen LogP contribution in [0, 0.1) is 5.92 Å². The molecule has 1 unspecified atom stereocenters. The highest BCUT2D eigenvalue weighted by molar-refractivity contribution is 6.53. The highest BCUT2D eigenvalue weighted by Crippen LogP contribution is 2.37. The van der Waals surface area contributed by atoms with Crippen molar-refractivity contribution < 1.29 is 9.59 Å². The second kappa shape index (κ2) is 6.34. The van der Waals surface area contributed by atoms with E-state index in [4.69, 9.17) is 34.8 Å². The molecule has 1 aromatic rings. The minimum absolute atomic E-state index is 0.0554. The molecule has 0 aromatic heterocycles. The summed E-state index contributed by atoms with van der Waals surface area (Å²) in [5.41, 5.74) is 0.520. The molecule has 0 aliphatic carbocycles. The topological polar surface area (TPSA) is 40.6 Å². The Bertz CT molecular complexity index is 717. The quantitative estimate of drug-likeness (QED) is 0.734. The number of likely N-dealkylation sites (tertiary alicyclic amines) is 1. The SMILES string of the molecule is CC1CCCN(C2=C(Cl)C(=O)N(c3cc(Cl)ccc3Cl)C2=O)C1. The second-order valence-corrected chi connectivity index (χ2v) is 7.12. The first kappa shape index (κ1) is 16.6. The van der Waals surface area contributed by atoms with E-state index in [0.717, 1.165) is 17.7 Å². The van der Waals surface area contributed by atoms with E-state index in [1.165, 1.54) is 6.07 Å². The van der Waals surface area contributed by atoms with Crippen LogP contribution in [0.2, 0.25) is 10.0 Å². The number of nitrogens with zero attached hydrogens (tertiary/aromatic N) is 2. The molecule has 3 rings (SSSR count). The summed E-state index contributed by atoms with van der Waals surface area (Å²) in [5.74, 6) is -0.556. The van der Waals surface area contributed by atoms with Gasteiger partial charge in [-0.1, -0.05) is 41.7 Å². The lowest BCUT2D eigenvalue weighted by atomic mass is 10.00. The highest BCUT2D eigenvalue weighted by Gasteiger charge is 2.42. The van der Waals surface area contributed by atoms with Crippen molar-refractivity contribution >= 4 is 52.3 Å². The van der Waals surface area contributed by atoms with Crippen LogP contribution >= 0.6 is 34.8 Å². The molecule has 0 radical (unpaired) electrons. The molecular formula is C16H15Cl3N2O2. The van der Waals surface area contributed by atoms with E-state index in [0.29, 0.717) is 24.0 Å². The Kier molecular flexibility index (Phi) is 4.59. The number of amides is 2. The standard InChI is InChI=1S/C16H15Cl3N2O2/c1-9-3-2-6-20(8-9)14-13(19)15(22)21(16(14)23)12-7-10(17)4-5-11(12)18/h4-5,7,9H,2-3,6,8H2,1H3. The average molecular weight is 374 g/mol. The number of anilines is 1. The predicted octanol–water partition coefficient (Wildman–Crippen LogP) is 4.05. The largest absolute Gasteiger partial charge is 0.365 e. The number of piperidine rings is 1. The summed E-state index contributed by atoms with van der Waals surface area (Å²) in [6.07, 6.45) is 2.07. The fraction of sp³-hybridized carbons (Fsp3) is 0.375. The lowest BCUT2D eigenvalue weighted by Crippen LogP contribution is -2.39. The van der Waals surface area contributed by atoms with Gasteiger partial charge in [0.1, 0.15) is 10.7 Å². The molecule has 0 N–H and O–H groups in total. The Balaban J connectivity index is 1.97. The minimum atomic E-state index is -0.561. The van der Waals surface area contributed by atoms with Crippen LogP contribution in [0.4, 0.5) is 5.69 Å². The van der Waals surface area contributed by atoms with E-state index < -0.39 is 11.8 Å². The number of imide groups is 1. The van der Waals surface area contributed by atoms with Gasteiger partial charge in [0.2, 0.25) is 0 Å². The Hall–Kier alpha value is -1.23. The van der Waals surface area contributed by atoms with Crippen LogP contribution in [-0.4, -0.2) is 29.8 Å². The summed E-state index contributed by atoms with van der Waals surface area (Å²) in [4.78, 5) is 28.2. The molecule has 1 atom stereocenters. The molecule has 0 spiro atoms. The summed E-state index contributed by atoms with van der Waals surface area (Å²) in [6, 6.07) is 4.64. The van der Waals surface area contributed by atoms with Gasteiger partial charge in [0.25, 0.3) is 11.8 Å². The first-order chi connectivity index (χ1) is 10.9. The predicted molar refractivity (Wildman–Crippen MR) is 91.8 cm³/mol. The molecule has 1 saturated heterocycles. The van der Waals surface area contributed by atoms with E-state index >= 15 is 0 Å². The maximum atomic E-state index is 12.8. The zero-order valence-corrected chi connectivity index (χ0v) is 14.8. The first-order valence-electron chi connectivity index (χ1n) is 7.38. The van der Waals surface area contributed by atoms with Crippen LogP contribution in [-0.2, 0) is 9.59 Å². The molecule has 7 heteroatoms. The Morgan fingerprint density at radius 3 is 2.57 bits per heavy atom. The first-order valence-corrected chi connectivity index (χ1v) is 8.52. The fourth-order valence-electron chi connectivity index (χ4n) is 3.03.